The molecule has 0 saturated carbocycles. The molecule has 132 valence electrons. The van der Waals surface area contributed by atoms with Gasteiger partial charge in [-0.2, -0.15) is 0 Å². The summed E-state index contributed by atoms with van der Waals surface area (Å²) in [6, 6.07) is 3.91. The van der Waals surface area contributed by atoms with E-state index < -0.39 is 0 Å². The quantitative estimate of drug-likeness (QED) is 0.803. The highest BCUT2D eigenvalue weighted by Gasteiger charge is 2.27. The first-order valence-electron chi connectivity index (χ1n) is 8.18. The lowest BCUT2D eigenvalue weighted by molar-refractivity contribution is -0.132. The van der Waals surface area contributed by atoms with Crippen molar-refractivity contribution < 1.29 is 14.3 Å². The number of rotatable bonds is 2. The van der Waals surface area contributed by atoms with Crippen LogP contribution in [0.15, 0.2) is 24.2 Å². The molecule has 0 unspecified atom stereocenters. The molecule has 0 spiro atoms. The van der Waals surface area contributed by atoms with Crippen molar-refractivity contribution in [3.63, 3.8) is 0 Å². The highest BCUT2D eigenvalue weighted by atomic mass is 35.5. The Bertz CT molecular complexity index is 804. The number of hydrogen-bond acceptors (Lipinski definition) is 6. The van der Waals surface area contributed by atoms with Crippen molar-refractivity contribution in [1.82, 2.24) is 9.88 Å². The standard InChI is InChI=1S/C17H18ClN3O3S/c1-11-2-3-12(18)15-14(11)19-17(25-15)21-6-4-20(5-7-21)16(22)13-10-23-8-9-24-13/h2-3,10H,4-9H2,1H3. The summed E-state index contributed by atoms with van der Waals surface area (Å²) in [6.07, 6.45) is 1.41. The third-order valence-electron chi connectivity index (χ3n) is 4.38. The smallest absolute Gasteiger partial charge is 0.292 e. The van der Waals surface area contributed by atoms with Gasteiger partial charge in [-0.25, -0.2) is 4.98 Å². The van der Waals surface area contributed by atoms with Gasteiger partial charge in [-0.3, -0.25) is 4.79 Å². The Labute approximate surface area is 154 Å². The Morgan fingerprint density at radius 2 is 2.04 bits per heavy atom. The number of aryl methyl sites for hydroxylation is 1. The number of aromatic nitrogens is 1. The van der Waals surface area contributed by atoms with Crippen molar-refractivity contribution in [3.8, 4) is 0 Å². The van der Waals surface area contributed by atoms with Crippen LogP contribution < -0.4 is 4.90 Å². The highest BCUT2D eigenvalue weighted by Crippen LogP contribution is 2.35. The maximum atomic E-state index is 12.4. The van der Waals surface area contributed by atoms with Crippen molar-refractivity contribution in [3.05, 3.63) is 34.7 Å². The molecule has 0 N–H and O–H groups in total. The van der Waals surface area contributed by atoms with Crippen molar-refractivity contribution in [2.75, 3.05) is 44.3 Å². The van der Waals surface area contributed by atoms with Crippen LogP contribution in [0.25, 0.3) is 10.2 Å². The number of ether oxygens (including phenoxy) is 2. The van der Waals surface area contributed by atoms with Crippen molar-refractivity contribution in [1.29, 1.82) is 0 Å². The van der Waals surface area contributed by atoms with Gasteiger partial charge in [0.15, 0.2) is 5.13 Å². The van der Waals surface area contributed by atoms with Crippen molar-refractivity contribution in [2.45, 2.75) is 6.92 Å². The fourth-order valence-corrected chi connectivity index (χ4v) is 4.33. The van der Waals surface area contributed by atoms with Gasteiger partial charge in [0.1, 0.15) is 19.5 Å². The highest BCUT2D eigenvalue weighted by molar-refractivity contribution is 7.22. The summed E-state index contributed by atoms with van der Waals surface area (Å²) in [5.41, 5.74) is 2.08. The van der Waals surface area contributed by atoms with Crippen LogP contribution in [0, 0.1) is 6.92 Å². The number of amides is 1. The van der Waals surface area contributed by atoms with E-state index in [0.717, 1.165) is 39.0 Å². The number of thiazole rings is 1. The summed E-state index contributed by atoms with van der Waals surface area (Å²) >= 11 is 7.90. The minimum atomic E-state index is -0.109. The first-order chi connectivity index (χ1) is 12.1. The van der Waals surface area contributed by atoms with E-state index in [1.807, 2.05) is 19.1 Å². The third kappa shape index (κ3) is 3.14. The Balaban J connectivity index is 1.47. The number of carbonyl (C=O) groups is 1. The van der Waals surface area contributed by atoms with Crippen LogP contribution in [0.1, 0.15) is 5.56 Å². The molecule has 0 bridgehead atoms. The monoisotopic (exact) mass is 379 g/mol. The summed E-state index contributed by atoms with van der Waals surface area (Å²) in [7, 11) is 0. The van der Waals surface area contributed by atoms with Gasteiger partial charge in [0.2, 0.25) is 5.76 Å². The Kier molecular flexibility index (Phi) is 4.43. The van der Waals surface area contributed by atoms with Crippen LogP contribution in [-0.4, -0.2) is 55.2 Å². The van der Waals surface area contributed by atoms with Crippen LogP contribution in [0.4, 0.5) is 5.13 Å². The van der Waals surface area contributed by atoms with Gasteiger partial charge in [-0.1, -0.05) is 29.0 Å². The van der Waals surface area contributed by atoms with E-state index in [1.165, 1.54) is 6.26 Å². The van der Waals surface area contributed by atoms with Gasteiger partial charge >= 0.3 is 0 Å². The second-order valence-corrected chi connectivity index (χ2v) is 7.40. The molecule has 25 heavy (non-hydrogen) atoms. The van der Waals surface area contributed by atoms with Crippen molar-refractivity contribution in [2.24, 2.45) is 0 Å². The Morgan fingerprint density at radius 1 is 1.24 bits per heavy atom. The molecule has 8 heteroatoms. The van der Waals surface area contributed by atoms with Gasteiger partial charge in [0, 0.05) is 26.2 Å². The first-order valence-corrected chi connectivity index (χ1v) is 9.37. The zero-order chi connectivity index (χ0) is 17.4. The summed E-state index contributed by atoms with van der Waals surface area (Å²) in [5.74, 6) is 0.185. The van der Waals surface area contributed by atoms with E-state index in [-0.39, 0.29) is 5.91 Å². The minimum absolute atomic E-state index is 0.109. The molecule has 0 atom stereocenters. The lowest BCUT2D eigenvalue weighted by atomic mass is 10.2. The first kappa shape index (κ1) is 16.5. The molecule has 2 aromatic rings. The van der Waals surface area contributed by atoms with Gasteiger partial charge in [-0.05, 0) is 18.6 Å². The Hall–Kier alpha value is -1.99. The van der Waals surface area contributed by atoms with Crippen LogP contribution in [-0.2, 0) is 14.3 Å². The molecule has 1 saturated heterocycles. The molecular weight excluding hydrogens is 362 g/mol. The van der Waals surface area contributed by atoms with Crippen LogP contribution in [0.2, 0.25) is 5.02 Å². The van der Waals surface area contributed by atoms with Gasteiger partial charge in [0.25, 0.3) is 5.91 Å². The maximum absolute atomic E-state index is 12.4. The van der Waals surface area contributed by atoms with E-state index in [2.05, 4.69) is 4.90 Å². The van der Waals surface area contributed by atoms with Crippen molar-refractivity contribution >= 4 is 44.2 Å². The number of carbonyl (C=O) groups excluding carboxylic acids is 1. The topological polar surface area (TPSA) is 54.9 Å². The number of hydrogen-bond donors (Lipinski definition) is 0. The lowest BCUT2D eigenvalue weighted by Gasteiger charge is -2.35. The molecule has 1 fully saturated rings. The zero-order valence-electron chi connectivity index (χ0n) is 13.8. The summed E-state index contributed by atoms with van der Waals surface area (Å²) < 4.78 is 11.6. The SMILES string of the molecule is Cc1ccc(Cl)c2sc(N3CCN(C(=O)C4=COCCO4)CC3)nc12. The van der Waals surface area contributed by atoms with E-state index >= 15 is 0 Å². The molecule has 2 aliphatic rings. The lowest BCUT2D eigenvalue weighted by Crippen LogP contribution is -2.49. The summed E-state index contributed by atoms with van der Waals surface area (Å²) in [5, 5.41) is 1.69. The van der Waals surface area contributed by atoms with E-state index in [1.54, 1.807) is 16.2 Å². The number of halogens is 1. The molecule has 0 radical (unpaired) electrons. The average molecular weight is 380 g/mol. The molecule has 1 aromatic carbocycles. The number of anilines is 1. The van der Waals surface area contributed by atoms with E-state index in [4.69, 9.17) is 26.1 Å². The molecule has 1 aromatic heterocycles. The predicted octanol–water partition coefficient (Wildman–Crippen LogP) is 2.79. The van der Waals surface area contributed by atoms with Gasteiger partial charge in [-0.15, -0.1) is 0 Å². The number of fused-ring (bicyclic) bond motifs is 1. The normalized spacial score (nSPS) is 17.9. The number of benzene rings is 1. The molecule has 2 aliphatic heterocycles. The molecule has 0 aliphatic carbocycles. The summed E-state index contributed by atoms with van der Waals surface area (Å²) in [4.78, 5) is 21.2. The predicted molar refractivity (Wildman–Crippen MR) is 98.1 cm³/mol. The van der Waals surface area contributed by atoms with Gasteiger partial charge in [0.05, 0.1) is 15.2 Å². The molecular formula is C17H18ClN3O3S. The second kappa shape index (κ2) is 6.72. The molecule has 3 heterocycles. The fourth-order valence-electron chi connectivity index (χ4n) is 2.96. The summed E-state index contributed by atoms with van der Waals surface area (Å²) in [6.45, 7) is 5.67. The maximum Gasteiger partial charge on any atom is 0.292 e. The number of nitrogens with zero attached hydrogens (tertiary/aromatic N) is 3. The van der Waals surface area contributed by atoms with Gasteiger partial charge < -0.3 is 19.3 Å². The minimum Gasteiger partial charge on any atom is -0.494 e. The fraction of sp³-hybridized carbons (Fsp3) is 0.412. The number of piperazine rings is 1. The van der Waals surface area contributed by atoms with Crippen LogP contribution in [0.5, 0.6) is 0 Å². The molecule has 1 amide bonds. The Morgan fingerprint density at radius 3 is 2.72 bits per heavy atom. The third-order valence-corrected chi connectivity index (χ3v) is 5.96. The molecule has 4 rings (SSSR count). The van der Waals surface area contributed by atoms with Crippen LogP contribution in [0.3, 0.4) is 0 Å². The second-order valence-electron chi connectivity index (χ2n) is 6.02. The van der Waals surface area contributed by atoms with E-state index in [0.29, 0.717) is 32.1 Å². The average Bonchev–Trinajstić information content (AvgIpc) is 3.12. The zero-order valence-corrected chi connectivity index (χ0v) is 15.4. The largest absolute Gasteiger partial charge is 0.494 e. The molecule has 6 nitrogen and oxygen atoms in total. The van der Waals surface area contributed by atoms with Crippen LogP contribution >= 0.6 is 22.9 Å². The van der Waals surface area contributed by atoms with E-state index in [9.17, 15) is 4.79 Å².